The Balaban J connectivity index is 1.81. The SMILES string of the molecule is COc1cc2c(cc1OC)CCN(C(=O)C(C)(C)c1cccnc1)CC2. The highest BCUT2D eigenvalue weighted by Crippen LogP contribution is 2.33. The summed E-state index contributed by atoms with van der Waals surface area (Å²) >= 11 is 0. The number of aromatic nitrogens is 1. The average molecular weight is 354 g/mol. The fourth-order valence-corrected chi connectivity index (χ4v) is 3.51. The second kappa shape index (κ2) is 7.36. The Kier molecular flexibility index (Phi) is 5.16. The van der Waals surface area contributed by atoms with E-state index in [0.717, 1.165) is 29.9 Å². The van der Waals surface area contributed by atoms with Gasteiger partial charge in [0.1, 0.15) is 0 Å². The van der Waals surface area contributed by atoms with Crippen LogP contribution >= 0.6 is 0 Å². The Hall–Kier alpha value is -2.56. The maximum atomic E-state index is 13.2. The molecule has 0 radical (unpaired) electrons. The number of fused-ring (bicyclic) bond motifs is 1. The maximum Gasteiger partial charge on any atom is 0.232 e. The van der Waals surface area contributed by atoms with Gasteiger partial charge in [0.15, 0.2) is 11.5 Å². The number of amides is 1. The molecule has 2 aromatic rings. The summed E-state index contributed by atoms with van der Waals surface area (Å²) in [5.41, 5.74) is 2.78. The first-order valence-corrected chi connectivity index (χ1v) is 8.91. The smallest absolute Gasteiger partial charge is 0.232 e. The molecule has 1 amide bonds. The van der Waals surface area contributed by atoms with Crippen LogP contribution in [0.25, 0.3) is 0 Å². The molecule has 2 heterocycles. The normalized spacial score (nSPS) is 14.4. The number of ether oxygens (including phenoxy) is 2. The summed E-state index contributed by atoms with van der Waals surface area (Å²) in [7, 11) is 3.29. The van der Waals surface area contributed by atoms with Gasteiger partial charge < -0.3 is 14.4 Å². The van der Waals surface area contributed by atoms with E-state index in [1.54, 1.807) is 26.6 Å². The van der Waals surface area contributed by atoms with Gasteiger partial charge in [-0.1, -0.05) is 6.07 Å². The first kappa shape index (κ1) is 18.2. The Morgan fingerprint density at radius 2 is 1.65 bits per heavy atom. The molecule has 1 aliphatic rings. The van der Waals surface area contributed by atoms with Crippen LogP contribution in [-0.4, -0.2) is 43.1 Å². The van der Waals surface area contributed by atoms with Crippen molar-refractivity contribution < 1.29 is 14.3 Å². The van der Waals surface area contributed by atoms with Gasteiger partial charge in [0, 0.05) is 25.5 Å². The summed E-state index contributed by atoms with van der Waals surface area (Å²) in [5, 5.41) is 0. The van der Waals surface area contributed by atoms with E-state index in [1.807, 2.05) is 43.0 Å². The molecule has 0 atom stereocenters. The van der Waals surface area contributed by atoms with Crippen LogP contribution in [0.15, 0.2) is 36.7 Å². The lowest BCUT2D eigenvalue weighted by Crippen LogP contribution is -2.44. The summed E-state index contributed by atoms with van der Waals surface area (Å²) in [6.45, 7) is 5.34. The summed E-state index contributed by atoms with van der Waals surface area (Å²) in [6.07, 6.45) is 5.13. The molecule has 0 N–H and O–H groups in total. The predicted octanol–water partition coefficient (Wildman–Crippen LogP) is 3.00. The van der Waals surface area contributed by atoms with Gasteiger partial charge >= 0.3 is 0 Å². The molecule has 0 aliphatic carbocycles. The fraction of sp³-hybridized carbons (Fsp3) is 0.429. The molecule has 5 heteroatoms. The monoisotopic (exact) mass is 354 g/mol. The molecule has 138 valence electrons. The highest BCUT2D eigenvalue weighted by atomic mass is 16.5. The molecule has 1 aromatic heterocycles. The molecule has 0 bridgehead atoms. The number of rotatable bonds is 4. The second-order valence-corrected chi connectivity index (χ2v) is 7.13. The molecule has 0 spiro atoms. The summed E-state index contributed by atoms with van der Waals surface area (Å²) in [4.78, 5) is 19.4. The zero-order valence-corrected chi connectivity index (χ0v) is 15.9. The Labute approximate surface area is 155 Å². The molecule has 0 saturated carbocycles. The van der Waals surface area contributed by atoms with Gasteiger partial charge in [0.25, 0.3) is 0 Å². The quantitative estimate of drug-likeness (QED) is 0.847. The van der Waals surface area contributed by atoms with E-state index in [4.69, 9.17) is 9.47 Å². The first-order valence-electron chi connectivity index (χ1n) is 8.91. The zero-order chi connectivity index (χ0) is 18.7. The van der Waals surface area contributed by atoms with Crippen molar-refractivity contribution in [3.8, 4) is 11.5 Å². The minimum atomic E-state index is -0.597. The van der Waals surface area contributed by atoms with Crippen molar-refractivity contribution in [3.05, 3.63) is 53.3 Å². The summed E-state index contributed by atoms with van der Waals surface area (Å²) in [6, 6.07) is 7.91. The Morgan fingerprint density at radius 3 is 2.12 bits per heavy atom. The van der Waals surface area contributed by atoms with Gasteiger partial charge in [0.2, 0.25) is 5.91 Å². The van der Waals surface area contributed by atoms with Crippen LogP contribution in [0, 0.1) is 0 Å². The number of benzene rings is 1. The van der Waals surface area contributed by atoms with Crippen molar-refractivity contribution in [2.75, 3.05) is 27.3 Å². The molecule has 0 fully saturated rings. The van der Waals surface area contributed by atoms with Crippen molar-refractivity contribution >= 4 is 5.91 Å². The van der Waals surface area contributed by atoms with E-state index in [9.17, 15) is 4.79 Å². The van der Waals surface area contributed by atoms with Crippen molar-refractivity contribution in [1.29, 1.82) is 0 Å². The van der Waals surface area contributed by atoms with Crippen LogP contribution in [0.3, 0.4) is 0 Å². The van der Waals surface area contributed by atoms with Crippen LogP contribution in [0.1, 0.15) is 30.5 Å². The third kappa shape index (κ3) is 3.39. The van der Waals surface area contributed by atoms with Crippen LogP contribution in [0.5, 0.6) is 11.5 Å². The minimum absolute atomic E-state index is 0.136. The molecule has 1 aliphatic heterocycles. The highest BCUT2D eigenvalue weighted by Gasteiger charge is 2.34. The fourth-order valence-electron chi connectivity index (χ4n) is 3.51. The highest BCUT2D eigenvalue weighted by molar-refractivity contribution is 5.87. The molecule has 5 nitrogen and oxygen atoms in total. The van der Waals surface area contributed by atoms with Crippen LogP contribution in [0.2, 0.25) is 0 Å². The van der Waals surface area contributed by atoms with Crippen LogP contribution in [-0.2, 0) is 23.1 Å². The van der Waals surface area contributed by atoms with Crippen LogP contribution < -0.4 is 9.47 Å². The van der Waals surface area contributed by atoms with Gasteiger partial charge in [-0.3, -0.25) is 9.78 Å². The van der Waals surface area contributed by atoms with E-state index in [2.05, 4.69) is 4.98 Å². The number of hydrogen-bond acceptors (Lipinski definition) is 4. The van der Waals surface area contributed by atoms with E-state index in [1.165, 1.54) is 11.1 Å². The molecule has 0 saturated heterocycles. The van der Waals surface area contributed by atoms with Crippen molar-refractivity contribution in [2.24, 2.45) is 0 Å². The molecule has 1 aromatic carbocycles. The number of carbonyl (C=O) groups excluding carboxylic acids is 1. The van der Waals surface area contributed by atoms with E-state index < -0.39 is 5.41 Å². The summed E-state index contributed by atoms with van der Waals surface area (Å²) in [5.74, 6) is 1.61. The standard InChI is InChI=1S/C21H26N2O3/c1-21(2,17-6-5-9-22-14-17)20(24)23-10-7-15-12-18(25-3)19(26-4)13-16(15)8-11-23/h5-6,9,12-14H,7-8,10-11H2,1-4H3. The van der Waals surface area contributed by atoms with Gasteiger partial charge in [-0.15, -0.1) is 0 Å². The third-order valence-corrected chi connectivity index (χ3v) is 5.21. The van der Waals surface area contributed by atoms with Crippen molar-refractivity contribution in [2.45, 2.75) is 32.1 Å². The number of nitrogens with zero attached hydrogens (tertiary/aromatic N) is 2. The lowest BCUT2D eigenvalue weighted by atomic mass is 9.84. The Bertz CT molecular complexity index is 752. The van der Waals surface area contributed by atoms with Gasteiger partial charge in [-0.05, 0) is 61.6 Å². The second-order valence-electron chi connectivity index (χ2n) is 7.13. The number of hydrogen-bond donors (Lipinski definition) is 0. The van der Waals surface area contributed by atoms with Gasteiger partial charge in [-0.2, -0.15) is 0 Å². The van der Waals surface area contributed by atoms with Gasteiger partial charge in [-0.25, -0.2) is 0 Å². The maximum absolute atomic E-state index is 13.2. The lowest BCUT2D eigenvalue weighted by molar-refractivity contribution is -0.136. The third-order valence-electron chi connectivity index (χ3n) is 5.21. The molecular weight excluding hydrogens is 328 g/mol. The average Bonchev–Trinajstić information content (AvgIpc) is 2.88. The number of carbonyl (C=O) groups is 1. The lowest BCUT2D eigenvalue weighted by Gasteiger charge is -2.31. The largest absolute Gasteiger partial charge is 0.493 e. The zero-order valence-electron chi connectivity index (χ0n) is 15.9. The van der Waals surface area contributed by atoms with Gasteiger partial charge in [0.05, 0.1) is 19.6 Å². The van der Waals surface area contributed by atoms with E-state index in [0.29, 0.717) is 13.1 Å². The molecular formula is C21H26N2O3. The Morgan fingerprint density at radius 1 is 1.08 bits per heavy atom. The first-order chi connectivity index (χ1) is 12.5. The van der Waals surface area contributed by atoms with Crippen LogP contribution in [0.4, 0.5) is 0 Å². The number of methoxy groups -OCH3 is 2. The minimum Gasteiger partial charge on any atom is -0.493 e. The topological polar surface area (TPSA) is 51.7 Å². The number of pyridine rings is 1. The van der Waals surface area contributed by atoms with Crippen molar-refractivity contribution in [1.82, 2.24) is 9.88 Å². The van der Waals surface area contributed by atoms with E-state index in [-0.39, 0.29) is 5.91 Å². The van der Waals surface area contributed by atoms with Crippen molar-refractivity contribution in [3.63, 3.8) is 0 Å². The molecule has 3 rings (SSSR count). The summed E-state index contributed by atoms with van der Waals surface area (Å²) < 4.78 is 10.8. The van der Waals surface area contributed by atoms with E-state index >= 15 is 0 Å². The predicted molar refractivity (Wildman–Crippen MR) is 101 cm³/mol. The molecule has 0 unspecified atom stereocenters. The molecule has 26 heavy (non-hydrogen) atoms.